The summed E-state index contributed by atoms with van der Waals surface area (Å²) in [7, 11) is 0. The lowest BCUT2D eigenvalue weighted by molar-refractivity contribution is -0.142. The molecule has 4 atom stereocenters. The maximum Gasteiger partial charge on any atom is 0.243 e. The van der Waals surface area contributed by atoms with E-state index in [1.54, 1.807) is 6.92 Å². The van der Waals surface area contributed by atoms with Gasteiger partial charge in [-0.25, -0.2) is 4.39 Å². The molecule has 214 valence electrons. The SMILES string of the molecule is CC(=O)N1CCC2(CCC(C(=O)N3CC(F)CC3C(=O)NC(c3ccccc3)c3ccc(C(C)C)cc3)C2)CC1. The Morgan fingerprint density at radius 1 is 0.925 bits per heavy atom. The minimum Gasteiger partial charge on any atom is -0.343 e. The summed E-state index contributed by atoms with van der Waals surface area (Å²) in [5.74, 6) is -0.0979. The highest BCUT2D eigenvalue weighted by Gasteiger charge is 2.48. The van der Waals surface area contributed by atoms with Crippen molar-refractivity contribution in [2.24, 2.45) is 11.3 Å². The molecular formula is C33H42FN3O3. The summed E-state index contributed by atoms with van der Waals surface area (Å²) < 4.78 is 14.8. The largest absolute Gasteiger partial charge is 0.343 e. The molecule has 0 aromatic heterocycles. The molecule has 2 aromatic rings. The third-order valence-corrected chi connectivity index (χ3v) is 9.51. The lowest BCUT2D eigenvalue weighted by Gasteiger charge is -2.39. The molecule has 1 saturated carbocycles. The first-order valence-electron chi connectivity index (χ1n) is 14.8. The summed E-state index contributed by atoms with van der Waals surface area (Å²) in [6, 6.07) is 16.8. The predicted molar refractivity (Wildman–Crippen MR) is 153 cm³/mol. The molecule has 6 nitrogen and oxygen atoms in total. The van der Waals surface area contributed by atoms with Crippen molar-refractivity contribution in [3.8, 4) is 0 Å². The highest BCUT2D eigenvalue weighted by atomic mass is 19.1. The van der Waals surface area contributed by atoms with Gasteiger partial charge in [-0.05, 0) is 60.1 Å². The van der Waals surface area contributed by atoms with Gasteiger partial charge in [0.05, 0.1) is 12.6 Å². The monoisotopic (exact) mass is 547 g/mol. The molecule has 2 saturated heterocycles. The average Bonchev–Trinajstić information content (AvgIpc) is 3.56. The van der Waals surface area contributed by atoms with Gasteiger partial charge in [-0.15, -0.1) is 0 Å². The molecule has 1 N–H and O–H groups in total. The van der Waals surface area contributed by atoms with E-state index in [-0.39, 0.29) is 42.0 Å². The molecule has 7 heteroatoms. The molecular weight excluding hydrogens is 505 g/mol. The number of carbonyl (C=O) groups excluding carboxylic acids is 3. The van der Waals surface area contributed by atoms with E-state index in [0.29, 0.717) is 5.92 Å². The van der Waals surface area contributed by atoms with Crippen molar-refractivity contribution in [3.05, 3.63) is 71.3 Å². The zero-order chi connectivity index (χ0) is 28.4. The van der Waals surface area contributed by atoms with Crippen LogP contribution in [0.4, 0.5) is 4.39 Å². The van der Waals surface area contributed by atoms with Crippen LogP contribution in [0.25, 0.3) is 0 Å². The summed E-state index contributed by atoms with van der Waals surface area (Å²) in [4.78, 5) is 42.7. The van der Waals surface area contributed by atoms with Crippen LogP contribution in [0.5, 0.6) is 0 Å². The maximum atomic E-state index is 14.8. The highest BCUT2D eigenvalue weighted by Crippen LogP contribution is 2.49. The van der Waals surface area contributed by atoms with Crippen molar-refractivity contribution < 1.29 is 18.8 Å². The second kappa shape index (κ2) is 11.7. The van der Waals surface area contributed by atoms with Crippen molar-refractivity contribution in [2.45, 2.75) is 83.5 Å². The minimum atomic E-state index is -1.21. The molecule has 3 aliphatic rings. The maximum absolute atomic E-state index is 14.8. The van der Waals surface area contributed by atoms with E-state index in [0.717, 1.165) is 56.3 Å². The van der Waals surface area contributed by atoms with Gasteiger partial charge in [0.15, 0.2) is 0 Å². The van der Waals surface area contributed by atoms with Crippen LogP contribution in [0.2, 0.25) is 0 Å². The Bertz CT molecular complexity index is 1210. The summed E-state index contributed by atoms with van der Waals surface area (Å²) in [6.45, 7) is 7.33. The van der Waals surface area contributed by atoms with E-state index in [9.17, 15) is 18.8 Å². The van der Waals surface area contributed by atoms with Gasteiger partial charge < -0.3 is 15.1 Å². The normalized spacial score (nSPS) is 24.9. The molecule has 3 fully saturated rings. The Morgan fingerprint density at radius 3 is 2.17 bits per heavy atom. The van der Waals surface area contributed by atoms with Crippen molar-refractivity contribution in [2.75, 3.05) is 19.6 Å². The van der Waals surface area contributed by atoms with E-state index in [2.05, 4.69) is 31.3 Å². The molecule has 1 spiro atoms. The van der Waals surface area contributed by atoms with Gasteiger partial charge >= 0.3 is 0 Å². The number of likely N-dealkylation sites (tertiary alicyclic amines) is 2. The van der Waals surface area contributed by atoms with Crippen molar-refractivity contribution in [1.29, 1.82) is 0 Å². The van der Waals surface area contributed by atoms with E-state index < -0.39 is 18.3 Å². The molecule has 1 aliphatic carbocycles. The van der Waals surface area contributed by atoms with Gasteiger partial charge in [-0.1, -0.05) is 68.4 Å². The standard InChI is InChI=1S/C33H42FN3O3/c1-22(2)24-9-11-26(12-10-24)30(25-7-5-4-6-8-25)35-31(39)29-19-28(34)21-37(29)32(40)27-13-14-33(20-27)15-17-36(18-16-33)23(3)38/h4-12,22,27-30H,13-21H2,1-3H3,(H,35,39). The van der Waals surface area contributed by atoms with Gasteiger partial charge in [0.25, 0.3) is 0 Å². The van der Waals surface area contributed by atoms with E-state index in [4.69, 9.17) is 0 Å². The van der Waals surface area contributed by atoms with Crippen LogP contribution < -0.4 is 5.32 Å². The van der Waals surface area contributed by atoms with Crippen LogP contribution in [0, 0.1) is 11.3 Å². The first-order chi connectivity index (χ1) is 19.2. The van der Waals surface area contributed by atoms with Crippen molar-refractivity contribution >= 4 is 17.7 Å². The number of nitrogens with zero attached hydrogens (tertiary/aromatic N) is 2. The van der Waals surface area contributed by atoms with Gasteiger partial charge in [-0.2, -0.15) is 0 Å². The van der Waals surface area contributed by atoms with Crippen LogP contribution in [-0.2, 0) is 14.4 Å². The first kappa shape index (κ1) is 28.3. The number of carbonyl (C=O) groups is 3. The zero-order valence-corrected chi connectivity index (χ0v) is 23.9. The first-order valence-corrected chi connectivity index (χ1v) is 14.8. The Hall–Kier alpha value is -3.22. The molecule has 40 heavy (non-hydrogen) atoms. The lowest BCUT2D eigenvalue weighted by Crippen LogP contribution is -2.48. The number of alkyl halides is 1. The number of hydrogen-bond acceptors (Lipinski definition) is 3. The summed E-state index contributed by atoms with van der Waals surface area (Å²) in [6.07, 6.45) is 3.08. The quantitative estimate of drug-likeness (QED) is 0.528. The Labute approximate surface area is 237 Å². The number of hydrogen-bond donors (Lipinski definition) is 1. The molecule has 5 rings (SSSR count). The number of piperidine rings is 1. The van der Waals surface area contributed by atoms with E-state index in [1.807, 2.05) is 47.4 Å². The predicted octanol–water partition coefficient (Wildman–Crippen LogP) is 5.38. The molecule has 2 heterocycles. The van der Waals surface area contributed by atoms with Gasteiger partial charge in [0.1, 0.15) is 12.2 Å². The lowest BCUT2D eigenvalue weighted by atomic mass is 9.76. The molecule has 2 aromatic carbocycles. The summed E-state index contributed by atoms with van der Waals surface area (Å²) in [5.41, 5.74) is 3.18. The fourth-order valence-electron chi connectivity index (χ4n) is 7.00. The van der Waals surface area contributed by atoms with Gasteiger partial charge in [0, 0.05) is 32.4 Å². The van der Waals surface area contributed by atoms with E-state index in [1.165, 1.54) is 10.5 Å². The molecule has 3 amide bonds. The fraction of sp³-hybridized carbons (Fsp3) is 0.545. The van der Waals surface area contributed by atoms with Crippen LogP contribution in [-0.4, -0.2) is 59.4 Å². The smallest absolute Gasteiger partial charge is 0.243 e. The third kappa shape index (κ3) is 5.93. The Morgan fingerprint density at radius 2 is 1.55 bits per heavy atom. The number of halogens is 1. The van der Waals surface area contributed by atoms with Crippen molar-refractivity contribution in [3.63, 3.8) is 0 Å². The summed E-state index contributed by atoms with van der Waals surface area (Å²) in [5, 5.41) is 3.17. The van der Waals surface area contributed by atoms with Crippen LogP contribution in [0.3, 0.4) is 0 Å². The molecule has 4 unspecified atom stereocenters. The minimum absolute atomic E-state index is 0.0246. The second-order valence-electron chi connectivity index (χ2n) is 12.5. The van der Waals surface area contributed by atoms with Gasteiger partial charge in [-0.3, -0.25) is 14.4 Å². The number of amides is 3. The van der Waals surface area contributed by atoms with E-state index >= 15 is 0 Å². The Kier molecular flexibility index (Phi) is 8.29. The summed E-state index contributed by atoms with van der Waals surface area (Å²) >= 11 is 0. The molecule has 0 radical (unpaired) electrons. The van der Waals surface area contributed by atoms with Crippen LogP contribution in [0.1, 0.15) is 87.9 Å². The van der Waals surface area contributed by atoms with Gasteiger partial charge in [0.2, 0.25) is 17.7 Å². The highest BCUT2D eigenvalue weighted by molar-refractivity contribution is 5.90. The number of nitrogens with one attached hydrogen (secondary N) is 1. The second-order valence-corrected chi connectivity index (χ2v) is 12.5. The zero-order valence-electron chi connectivity index (χ0n) is 23.9. The Balaban J connectivity index is 1.30. The molecule has 2 aliphatic heterocycles. The van der Waals surface area contributed by atoms with Crippen molar-refractivity contribution in [1.82, 2.24) is 15.1 Å². The number of rotatable bonds is 6. The van der Waals surface area contributed by atoms with Crippen LogP contribution >= 0.6 is 0 Å². The topological polar surface area (TPSA) is 69.7 Å². The third-order valence-electron chi connectivity index (χ3n) is 9.51. The number of benzene rings is 2. The molecule has 0 bridgehead atoms. The fourth-order valence-corrected chi connectivity index (χ4v) is 7.00. The van der Waals surface area contributed by atoms with Crippen LogP contribution in [0.15, 0.2) is 54.6 Å². The average molecular weight is 548 g/mol.